The number of piperidine rings is 3. The van der Waals surface area contributed by atoms with Gasteiger partial charge in [-0.2, -0.15) is 0 Å². The number of hydrogen-bond donors (Lipinski definition) is 1. The van der Waals surface area contributed by atoms with Crippen molar-refractivity contribution >= 4 is 28.6 Å². The second-order valence-electron chi connectivity index (χ2n) is 7.40. The molecule has 6 rings (SSSR count). The Bertz CT molecular complexity index is 990. The third-order valence-corrected chi connectivity index (χ3v) is 5.98. The molecule has 1 atom stereocenters. The summed E-state index contributed by atoms with van der Waals surface area (Å²) in [5, 5.41) is 3.89. The van der Waals surface area contributed by atoms with Crippen molar-refractivity contribution in [1.82, 2.24) is 15.2 Å². The highest BCUT2D eigenvalue weighted by molar-refractivity contribution is 6.30. The number of oxazole rings is 1. The minimum Gasteiger partial charge on any atom is -0.435 e. The summed E-state index contributed by atoms with van der Waals surface area (Å²) < 4.78 is 5.97. The molecule has 5 nitrogen and oxygen atoms in total. The van der Waals surface area contributed by atoms with Gasteiger partial charge in [0.25, 0.3) is 5.91 Å². The Morgan fingerprint density at radius 2 is 1.93 bits per heavy atom. The van der Waals surface area contributed by atoms with Gasteiger partial charge in [0.15, 0.2) is 5.58 Å². The fraction of sp³-hybridized carbons (Fsp3) is 0.333. The van der Waals surface area contributed by atoms with E-state index >= 15 is 0 Å². The van der Waals surface area contributed by atoms with E-state index < -0.39 is 0 Å². The largest absolute Gasteiger partial charge is 0.435 e. The predicted octanol–water partition coefficient (Wildman–Crippen LogP) is 3.97. The van der Waals surface area contributed by atoms with Crippen LogP contribution in [0.15, 0.2) is 46.9 Å². The predicted molar refractivity (Wildman–Crippen MR) is 105 cm³/mol. The average Bonchev–Trinajstić information content (AvgIpc) is 3.13. The van der Waals surface area contributed by atoms with Crippen LogP contribution in [0.3, 0.4) is 0 Å². The third-order valence-electron chi connectivity index (χ3n) is 5.72. The van der Waals surface area contributed by atoms with Gasteiger partial charge in [-0.15, -0.1) is 0 Å². The van der Waals surface area contributed by atoms with Crippen molar-refractivity contribution in [2.75, 3.05) is 19.6 Å². The molecule has 2 bridgehead atoms. The molecule has 0 radical (unpaired) electrons. The molecule has 0 saturated carbocycles. The lowest BCUT2D eigenvalue weighted by molar-refractivity contribution is 0.0621. The zero-order valence-electron chi connectivity index (χ0n) is 14.8. The van der Waals surface area contributed by atoms with Gasteiger partial charge in [0.1, 0.15) is 5.52 Å². The topological polar surface area (TPSA) is 58.4 Å². The Balaban J connectivity index is 1.44. The number of fused-ring (bicyclic) bond motifs is 4. The minimum atomic E-state index is -0.0850. The van der Waals surface area contributed by atoms with Crippen LogP contribution in [-0.2, 0) is 0 Å². The highest BCUT2D eigenvalue weighted by Gasteiger charge is 2.35. The van der Waals surface area contributed by atoms with Crippen molar-refractivity contribution in [1.29, 1.82) is 0 Å². The number of carbonyl (C=O) groups is 1. The van der Waals surface area contributed by atoms with E-state index in [1.165, 1.54) is 0 Å². The number of aromatic nitrogens is 1. The van der Waals surface area contributed by atoms with E-state index in [4.69, 9.17) is 16.0 Å². The van der Waals surface area contributed by atoms with E-state index in [1.54, 1.807) is 18.2 Å². The van der Waals surface area contributed by atoms with Crippen LogP contribution in [-0.4, -0.2) is 41.5 Å². The van der Waals surface area contributed by atoms with Crippen molar-refractivity contribution in [3.8, 4) is 11.5 Å². The van der Waals surface area contributed by atoms with E-state index in [9.17, 15) is 4.79 Å². The molecule has 0 aliphatic carbocycles. The number of amides is 1. The Morgan fingerprint density at radius 3 is 2.63 bits per heavy atom. The molecule has 0 spiro atoms. The normalized spacial score (nSPS) is 24.3. The Hall–Kier alpha value is -2.37. The maximum Gasteiger partial charge on any atom is 0.255 e. The fourth-order valence-electron chi connectivity index (χ4n) is 4.22. The Kier molecular flexibility index (Phi) is 4.14. The van der Waals surface area contributed by atoms with Gasteiger partial charge < -0.3 is 14.6 Å². The molecule has 3 saturated heterocycles. The minimum absolute atomic E-state index is 0.0850. The number of halogens is 1. The van der Waals surface area contributed by atoms with Crippen LogP contribution in [0, 0.1) is 5.92 Å². The number of rotatable bonds is 3. The van der Waals surface area contributed by atoms with Crippen LogP contribution in [0.5, 0.6) is 0 Å². The number of nitrogens with one attached hydrogen (secondary N) is 1. The van der Waals surface area contributed by atoms with Crippen LogP contribution >= 0.6 is 11.6 Å². The summed E-state index contributed by atoms with van der Waals surface area (Å²) in [7, 11) is 0. The highest BCUT2D eigenvalue weighted by atomic mass is 35.5. The summed E-state index contributed by atoms with van der Waals surface area (Å²) in [6.45, 7) is 3.25. The van der Waals surface area contributed by atoms with E-state index in [0.29, 0.717) is 33.5 Å². The molecule has 3 aromatic rings. The molecule has 1 N–H and O–H groups in total. The first-order valence-corrected chi connectivity index (χ1v) is 9.74. The smallest absolute Gasteiger partial charge is 0.255 e. The molecule has 27 heavy (non-hydrogen) atoms. The highest BCUT2D eigenvalue weighted by Crippen LogP contribution is 2.30. The Labute approximate surface area is 162 Å². The van der Waals surface area contributed by atoms with Gasteiger partial charge >= 0.3 is 0 Å². The van der Waals surface area contributed by atoms with Crippen molar-refractivity contribution in [3.05, 3.63) is 53.1 Å². The summed E-state index contributed by atoms with van der Waals surface area (Å²) in [5.74, 6) is 0.986. The molecular formula is C21H20ClN3O2. The lowest BCUT2D eigenvalue weighted by Crippen LogP contribution is -2.57. The number of benzene rings is 2. The van der Waals surface area contributed by atoms with Gasteiger partial charge in [-0.05, 0) is 68.2 Å². The van der Waals surface area contributed by atoms with Crippen molar-refractivity contribution in [3.63, 3.8) is 0 Å². The van der Waals surface area contributed by atoms with Crippen LogP contribution in [0.1, 0.15) is 23.2 Å². The summed E-state index contributed by atoms with van der Waals surface area (Å²) in [6, 6.07) is 13.1. The standard InChI is InChI=1S/C21H20ClN3O2/c22-15-6-4-14(5-7-15)21-24-17-3-1-2-16(19(17)27-21)20(26)23-18-12-25-10-8-13(18)9-11-25/h1-7,13,18H,8-12H2,(H,23,26)/t18-/m0/s1. The van der Waals surface area contributed by atoms with E-state index in [2.05, 4.69) is 15.2 Å². The Morgan fingerprint density at radius 1 is 1.15 bits per heavy atom. The molecule has 3 aliphatic heterocycles. The molecule has 138 valence electrons. The van der Waals surface area contributed by atoms with Gasteiger partial charge in [-0.25, -0.2) is 4.98 Å². The second-order valence-corrected chi connectivity index (χ2v) is 7.83. The fourth-order valence-corrected chi connectivity index (χ4v) is 4.34. The molecular weight excluding hydrogens is 362 g/mol. The third kappa shape index (κ3) is 3.11. The summed E-state index contributed by atoms with van der Waals surface area (Å²) >= 11 is 5.96. The molecule has 3 fully saturated rings. The molecule has 0 unspecified atom stereocenters. The monoisotopic (exact) mass is 381 g/mol. The maximum atomic E-state index is 13.0. The lowest BCUT2D eigenvalue weighted by atomic mass is 9.84. The molecule has 4 heterocycles. The first-order valence-electron chi connectivity index (χ1n) is 9.36. The second kappa shape index (κ2) is 6.66. The molecule has 6 heteroatoms. The molecule has 1 amide bonds. The van der Waals surface area contributed by atoms with E-state index in [-0.39, 0.29) is 11.9 Å². The number of carbonyl (C=O) groups excluding carboxylic acids is 1. The number of nitrogens with zero attached hydrogens (tertiary/aromatic N) is 2. The van der Waals surface area contributed by atoms with Crippen LogP contribution in [0.4, 0.5) is 0 Å². The maximum absolute atomic E-state index is 13.0. The summed E-state index contributed by atoms with van der Waals surface area (Å²) in [5.41, 5.74) is 2.58. The summed E-state index contributed by atoms with van der Waals surface area (Å²) in [6.07, 6.45) is 2.33. The van der Waals surface area contributed by atoms with Gasteiger partial charge in [-0.1, -0.05) is 17.7 Å². The number of para-hydroxylation sites is 1. The van der Waals surface area contributed by atoms with Gasteiger partial charge in [-0.3, -0.25) is 4.79 Å². The van der Waals surface area contributed by atoms with Gasteiger partial charge in [0.05, 0.1) is 5.56 Å². The number of hydrogen-bond acceptors (Lipinski definition) is 4. The van der Waals surface area contributed by atoms with Gasteiger partial charge in [0, 0.05) is 23.2 Å². The molecule has 3 aliphatic rings. The first kappa shape index (κ1) is 16.8. The van der Waals surface area contributed by atoms with E-state index in [0.717, 1.165) is 38.0 Å². The quantitative estimate of drug-likeness (QED) is 0.745. The average molecular weight is 382 g/mol. The van der Waals surface area contributed by atoms with Crippen molar-refractivity contribution in [2.24, 2.45) is 5.92 Å². The first-order chi connectivity index (χ1) is 13.2. The van der Waals surface area contributed by atoms with Crippen LogP contribution < -0.4 is 5.32 Å². The van der Waals surface area contributed by atoms with Crippen molar-refractivity contribution in [2.45, 2.75) is 18.9 Å². The lowest BCUT2D eigenvalue weighted by Gasteiger charge is -2.44. The van der Waals surface area contributed by atoms with Crippen molar-refractivity contribution < 1.29 is 9.21 Å². The molecule has 1 aromatic heterocycles. The van der Waals surface area contributed by atoms with E-state index in [1.807, 2.05) is 24.3 Å². The van der Waals surface area contributed by atoms with Crippen LogP contribution in [0.2, 0.25) is 5.02 Å². The molecule has 2 aromatic carbocycles. The van der Waals surface area contributed by atoms with Gasteiger partial charge in [0.2, 0.25) is 5.89 Å². The van der Waals surface area contributed by atoms with Crippen LogP contribution in [0.25, 0.3) is 22.6 Å². The zero-order valence-corrected chi connectivity index (χ0v) is 15.6. The summed E-state index contributed by atoms with van der Waals surface area (Å²) in [4.78, 5) is 19.9. The SMILES string of the molecule is O=C(N[C@H]1CN2CCC1CC2)c1cccc2nc(-c3ccc(Cl)cc3)oc12. The zero-order chi connectivity index (χ0) is 18.4.